The zero-order chi connectivity index (χ0) is 9.84. The lowest BCUT2D eigenvalue weighted by atomic mass is 10.0. The third-order valence-electron chi connectivity index (χ3n) is 1.78. The first-order valence-corrected chi connectivity index (χ1v) is 4.13. The highest BCUT2D eigenvalue weighted by Crippen LogP contribution is 2.18. The van der Waals surface area contributed by atoms with Gasteiger partial charge >= 0.3 is 0 Å². The topological polar surface area (TPSA) is 32.7 Å². The summed E-state index contributed by atoms with van der Waals surface area (Å²) in [5.41, 5.74) is 0.837. The second-order valence-electron chi connectivity index (χ2n) is 3.13. The molecule has 1 N–H and O–H groups in total. The molecule has 0 amide bonds. The van der Waals surface area contributed by atoms with E-state index >= 15 is 0 Å². The van der Waals surface area contributed by atoms with Crippen LogP contribution < -0.4 is 0 Å². The molecule has 0 fully saturated rings. The van der Waals surface area contributed by atoms with Crippen molar-refractivity contribution in [3.05, 3.63) is 35.8 Å². The first-order valence-electron chi connectivity index (χ1n) is 4.13. The number of methoxy groups -OCH3 is 1. The molecule has 1 rings (SSSR count). The van der Waals surface area contributed by atoms with Gasteiger partial charge in [0.05, 0.1) is 7.11 Å². The maximum absolute atomic E-state index is 9.74. The van der Waals surface area contributed by atoms with Crippen molar-refractivity contribution in [3.8, 4) is 0 Å². The summed E-state index contributed by atoms with van der Waals surface area (Å²) in [6, 6.07) is 0. The molecule has 1 aliphatic rings. The number of rotatable bonds is 2. The monoisotopic (exact) mass is 181 g/mol. The van der Waals surface area contributed by atoms with Crippen LogP contribution >= 0.6 is 0 Å². The van der Waals surface area contributed by atoms with Crippen LogP contribution in [0.1, 0.15) is 0 Å². The fourth-order valence-electron chi connectivity index (χ4n) is 1.19. The summed E-state index contributed by atoms with van der Waals surface area (Å²) in [4.78, 5) is 1.89. The fourth-order valence-corrected chi connectivity index (χ4v) is 1.19. The van der Waals surface area contributed by atoms with E-state index in [1.807, 2.05) is 37.3 Å². The summed E-state index contributed by atoms with van der Waals surface area (Å²) in [5, 5.41) is 9.74. The quantitative estimate of drug-likeness (QED) is 0.686. The average molecular weight is 181 g/mol. The molecule has 1 unspecified atom stereocenters. The SMILES string of the molecule is COC1=CC=C/C(=C/N(C)C)C1O. The third-order valence-corrected chi connectivity index (χ3v) is 1.78. The fraction of sp³-hybridized carbons (Fsp3) is 0.400. The van der Waals surface area contributed by atoms with E-state index in [0.29, 0.717) is 5.76 Å². The Hall–Kier alpha value is -1.22. The first-order chi connectivity index (χ1) is 6.15. The van der Waals surface area contributed by atoms with Gasteiger partial charge in [0, 0.05) is 25.9 Å². The summed E-state index contributed by atoms with van der Waals surface area (Å²) >= 11 is 0. The molecule has 13 heavy (non-hydrogen) atoms. The van der Waals surface area contributed by atoms with Crippen LogP contribution in [0.4, 0.5) is 0 Å². The van der Waals surface area contributed by atoms with Crippen molar-refractivity contribution in [1.29, 1.82) is 0 Å². The van der Waals surface area contributed by atoms with Gasteiger partial charge in [-0.3, -0.25) is 0 Å². The lowest BCUT2D eigenvalue weighted by molar-refractivity contribution is 0.153. The Bertz CT molecular complexity index is 264. The molecule has 0 aliphatic heterocycles. The minimum atomic E-state index is -0.641. The molecule has 0 saturated carbocycles. The molecule has 0 radical (unpaired) electrons. The van der Waals surface area contributed by atoms with Crippen molar-refractivity contribution in [1.82, 2.24) is 4.90 Å². The predicted octanol–water partition coefficient (Wildman–Crippen LogP) is 0.893. The number of hydrogen-bond donors (Lipinski definition) is 1. The van der Waals surface area contributed by atoms with Gasteiger partial charge in [-0.25, -0.2) is 0 Å². The van der Waals surface area contributed by atoms with Crippen LogP contribution in [0.15, 0.2) is 35.8 Å². The van der Waals surface area contributed by atoms with Crippen LogP contribution in [0.5, 0.6) is 0 Å². The van der Waals surface area contributed by atoms with Crippen LogP contribution in [0.3, 0.4) is 0 Å². The number of hydrogen-bond acceptors (Lipinski definition) is 3. The van der Waals surface area contributed by atoms with Gasteiger partial charge in [0.2, 0.25) is 0 Å². The Kier molecular flexibility index (Phi) is 3.14. The molecule has 0 aromatic carbocycles. The van der Waals surface area contributed by atoms with E-state index < -0.39 is 6.10 Å². The standard InChI is InChI=1S/C10H15NO2/c1-11(2)7-8-5-4-6-9(13-3)10(8)12/h4-7,10,12H,1-3H3/b8-7-. The largest absolute Gasteiger partial charge is 0.498 e. The minimum absolute atomic E-state index is 0.579. The van der Waals surface area contributed by atoms with Gasteiger partial charge in [0.25, 0.3) is 0 Å². The Labute approximate surface area is 78.6 Å². The zero-order valence-electron chi connectivity index (χ0n) is 8.19. The van der Waals surface area contributed by atoms with Crippen molar-refractivity contribution < 1.29 is 9.84 Å². The summed E-state index contributed by atoms with van der Waals surface area (Å²) in [6.07, 6.45) is 6.72. The van der Waals surface area contributed by atoms with E-state index in [9.17, 15) is 5.11 Å². The van der Waals surface area contributed by atoms with E-state index in [0.717, 1.165) is 5.57 Å². The van der Waals surface area contributed by atoms with E-state index in [1.165, 1.54) is 0 Å². The van der Waals surface area contributed by atoms with Gasteiger partial charge in [0.1, 0.15) is 11.9 Å². The molecule has 72 valence electrons. The number of ether oxygens (including phenoxy) is 1. The van der Waals surface area contributed by atoms with Gasteiger partial charge in [0.15, 0.2) is 0 Å². The molecule has 1 aliphatic carbocycles. The van der Waals surface area contributed by atoms with Crippen molar-refractivity contribution in [2.75, 3.05) is 21.2 Å². The van der Waals surface area contributed by atoms with Crippen molar-refractivity contribution in [2.24, 2.45) is 0 Å². The highest BCUT2D eigenvalue weighted by molar-refractivity contribution is 5.36. The molecule has 0 aromatic rings. The second-order valence-corrected chi connectivity index (χ2v) is 3.13. The van der Waals surface area contributed by atoms with Crippen LogP contribution in [0, 0.1) is 0 Å². The van der Waals surface area contributed by atoms with Crippen molar-refractivity contribution >= 4 is 0 Å². The molecule has 3 heteroatoms. The van der Waals surface area contributed by atoms with Crippen molar-refractivity contribution in [2.45, 2.75) is 6.10 Å². The third kappa shape index (κ3) is 2.36. The van der Waals surface area contributed by atoms with E-state index in [1.54, 1.807) is 13.2 Å². The van der Waals surface area contributed by atoms with Gasteiger partial charge in [-0.05, 0) is 6.08 Å². The van der Waals surface area contributed by atoms with Gasteiger partial charge in [-0.2, -0.15) is 0 Å². The highest BCUT2D eigenvalue weighted by Gasteiger charge is 2.17. The highest BCUT2D eigenvalue weighted by atomic mass is 16.5. The van der Waals surface area contributed by atoms with Crippen LogP contribution in [0.25, 0.3) is 0 Å². The van der Waals surface area contributed by atoms with E-state index in [-0.39, 0.29) is 0 Å². The lowest BCUT2D eigenvalue weighted by Gasteiger charge is -2.19. The number of allylic oxidation sites excluding steroid dienone is 2. The van der Waals surface area contributed by atoms with E-state index in [4.69, 9.17) is 4.74 Å². The maximum atomic E-state index is 9.74. The summed E-state index contributed by atoms with van der Waals surface area (Å²) in [7, 11) is 5.39. The number of aliphatic hydroxyl groups is 1. The molecular formula is C10H15NO2. The van der Waals surface area contributed by atoms with Gasteiger partial charge < -0.3 is 14.7 Å². The van der Waals surface area contributed by atoms with Crippen LogP contribution in [-0.2, 0) is 4.74 Å². The predicted molar refractivity (Wildman–Crippen MR) is 52.0 cm³/mol. The summed E-state index contributed by atoms with van der Waals surface area (Å²) < 4.78 is 5.02. The molecule has 0 aromatic heterocycles. The maximum Gasteiger partial charge on any atom is 0.137 e. The number of nitrogens with zero attached hydrogens (tertiary/aromatic N) is 1. The Balaban J connectivity index is 2.83. The van der Waals surface area contributed by atoms with Crippen molar-refractivity contribution in [3.63, 3.8) is 0 Å². The normalized spacial score (nSPS) is 24.5. The molecule has 0 spiro atoms. The van der Waals surface area contributed by atoms with Crippen LogP contribution in [-0.4, -0.2) is 37.3 Å². The summed E-state index contributed by atoms with van der Waals surface area (Å²) in [5.74, 6) is 0.579. The minimum Gasteiger partial charge on any atom is -0.498 e. The second kappa shape index (κ2) is 4.14. The smallest absolute Gasteiger partial charge is 0.137 e. The van der Waals surface area contributed by atoms with E-state index in [2.05, 4.69) is 0 Å². The molecule has 1 atom stereocenters. The lowest BCUT2D eigenvalue weighted by Crippen LogP contribution is -2.18. The number of aliphatic hydroxyl groups excluding tert-OH is 1. The molecule has 0 bridgehead atoms. The average Bonchev–Trinajstić information content (AvgIpc) is 2.08. The molecule has 0 saturated heterocycles. The Morgan fingerprint density at radius 1 is 1.54 bits per heavy atom. The zero-order valence-corrected chi connectivity index (χ0v) is 8.19. The molecular weight excluding hydrogens is 166 g/mol. The molecule has 0 heterocycles. The Morgan fingerprint density at radius 3 is 2.77 bits per heavy atom. The Morgan fingerprint density at radius 2 is 2.23 bits per heavy atom. The van der Waals surface area contributed by atoms with Crippen LogP contribution in [0.2, 0.25) is 0 Å². The molecule has 3 nitrogen and oxygen atoms in total. The first kappa shape index (κ1) is 9.86. The summed E-state index contributed by atoms with van der Waals surface area (Å²) in [6.45, 7) is 0. The van der Waals surface area contributed by atoms with Gasteiger partial charge in [-0.1, -0.05) is 12.2 Å². The van der Waals surface area contributed by atoms with Gasteiger partial charge in [-0.15, -0.1) is 0 Å².